The molecule has 1 aromatic carbocycles. The van der Waals surface area contributed by atoms with Crippen molar-refractivity contribution in [2.45, 2.75) is 58.6 Å². The Balaban J connectivity index is 1.41. The fourth-order valence-electron chi connectivity index (χ4n) is 4.79. The molecule has 1 saturated carbocycles. The van der Waals surface area contributed by atoms with E-state index in [9.17, 15) is 19.2 Å². The van der Waals surface area contributed by atoms with Gasteiger partial charge in [0.15, 0.2) is 5.65 Å². The molecule has 0 bridgehead atoms. The number of carbonyl (C=O) groups excluding carboxylic acids is 4. The number of anilines is 1. The molecule has 204 valence electrons. The number of aromatic nitrogens is 2. The van der Waals surface area contributed by atoms with Crippen LogP contribution in [0.15, 0.2) is 42.7 Å². The second-order valence-corrected chi connectivity index (χ2v) is 11.0. The minimum atomic E-state index is -0.620. The molecule has 0 unspecified atom stereocenters. The Hall–Kier alpha value is -4.21. The van der Waals surface area contributed by atoms with E-state index < -0.39 is 11.7 Å². The van der Waals surface area contributed by atoms with Gasteiger partial charge in [0.25, 0.3) is 11.8 Å². The highest BCUT2D eigenvalue weighted by molar-refractivity contribution is 6.21. The predicted molar refractivity (Wildman–Crippen MR) is 145 cm³/mol. The number of rotatable bonds is 9. The molecule has 4 amide bonds. The number of likely N-dealkylation sites (N-methyl/N-ethyl adjacent to an activating group) is 1. The fourth-order valence-corrected chi connectivity index (χ4v) is 4.79. The standard InChI is InChI=1S/C29H33N5O5/c1-5-31(28(38)39-29(2,3)4)12-13-32(18-35)24-14-20(19-10-11-19)15-33-16-21(30-25(24)33)17-34-26(36)22-8-6-7-9-23(22)27(34)37/h6-9,14-16,18-19H,5,10-13,17H2,1-4H3. The molecule has 10 nitrogen and oxygen atoms in total. The summed E-state index contributed by atoms with van der Waals surface area (Å²) in [6.07, 6.45) is 6.26. The van der Waals surface area contributed by atoms with Crippen molar-refractivity contribution >= 4 is 35.7 Å². The van der Waals surface area contributed by atoms with Crippen LogP contribution in [-0.2, 0) is 16.1 Å². The largest absolute Gasteiger partial charge is 0.444 e. The molecule has 0 atom stereocenters. The minimum absolute atomic E-state index is 0.0234. The molecule has 0 saturated heterocycles. The van der Waals surface area contributed by atoms with Gasteiger partial charge in [-0.25, -0.2) is 9.78 Å². The molecular weight excluding hydrogens is 498 g/mol. The van der Waals surface area contributed by atoms with Crippen LogP contribution in [0.2, 0.25) is 0 Å². The zero-order valence-electron chi connectivity index (χ0n) is 22.7. The highest BCUT2D eigenvalue weighted by Crippen LogP contribution is 2.41. The van der Waals surface area contributed by atoms with E-state index in [4.69, 9.17) is 9.72 Å². The molecule has 1 aliphatic carbocycles. The van der Waals surface area contributed by atoms with Crippen LogP contribution in [0, 0.1) is 0 Å². The first-order valence-electron chi connectivity index (χ1n) is 13.3. The summed E-state index contributed by atoms with van der Waals surface area (Å²) in [5.41, 5.74) is 2.94. The summed E-state index contributed by atoms with van der Waals surface area (Å²) in [5.74, 6) is -0.275. The lowest BCUT2D eigenvalue weighted by molar-refractivity contribution is -0.107. The van der Waals surface area contributed by atoms with Gasteiger partial charge in [-0.2, -0.15) is 0 Å². The van der Waals surface area contributed by atoms with E-state index in [1.54, 1.807) is 40.3 Å². The summed E-state index contributed by atoms with van der Waals surface area (Å²) in [6.45, 7) is 8.30. The summed E-state index contributed by atoms with van der Waals surface area (Å²) in [5, 5.41) is 0. The third-order valence-electron chi connectivity index (χ3n) is 6.93. The van der Waals surface area contributed by atoms with Gasteiger partial charge in [-0.3, -0.25) is 19.3 Å². The van der Waals surface area contributed by atoms with Gasteiger partial charge in [0.2, 0.25) is 6.41 Å². The average molecular weight is 532 g/mol. The minimum Gasteiger partial charge on any atom is -0.444 e. The van der Waals surface area contributed by atoms with Crippen LogP contribution in [0.1, 0.15) is 78.4 Å². The van der Waals surface area contributed by atoms with Gasteiger partial charge in [0, 0.05) is 32.0 Å². The van der Waals surface area contributed by atoms with Crippen LogP contribution in [0.3, 0.4) is 0 Å². The van der Waals surface area contributed by atoms with Crippen molar-refractivity contribution in [3.63, 3.8) is 0 Å². The first-order valence-corrected chi connectivity index (χ1v) is 13.3. The van der Waals surface area contributed by atoms with Crippen molar-refractivity contribution < 1.29 is 23.9 Å². The summed E-state index contributed by atoms with van der Waals surface area (Å²) in [7, 11) is 0. The first kappa shape index (κ1) is 26.4. The van der Waals surface area contributed by atoms with E-state index in [0.717, 1.165) is 24.8 Å². The summed E-state index contributed by atoms with van der Waals surface area (Å²) >= 11 is 0. The second-order valence-electron chi connectivity index (χ2n) is 11.0. The van der Waals surface area contributed by atoms with Crippen LogP contribution < -0.4 is 4.90 Å². The SMILES string of the molecule is CCN(CCN(C=O)c1cc(C2CC2)cn2cc(CN3C(=O)c4ccccc4C3=O)nc12)C(=O)OC(C)(C)C. The molecule has 0 spiro atoms. The first-order chi connectivity index (χ1) is 18.6. The van der Waals surface area contributed by atoms with Crippen molar-refractivity contribution in [1.29, 1.82) is 0 Å². The number of ether oxygens (including phenoxy) is 1. The van der Waals surface area contributed by atoms with Crippen LogP contribution in [-0.4, -0.2) is 68.7 Å². The number of benzene rings is 1. The zero-order valence-corrected chi connectivity index (χ0v) is 22.7. The number of hydrogen-bond acceptors (Lipinski definition) is 6. The molecule has 39 heavy (non-hydrogen) atoms. The monoisotopic (exact) mass is 531 g/mol. The normalized spacial score (nSPS) is 15.0. The number of nitrogens with zero attached hydrogens (tertiary/aromatic N) is 5. The molecule has 3 heterocycles. The van der Waals surface area contributed by atoms with Gasteiger partial charge in [0.05, 0.1) is 29.1 Å². The maximum atomic E-state index is 12.9. The van der Waals surface area contributed by atoms with E-state index in [1.807, 2.05) is 44.4 Å². The van der Waals surface area contributed by atoms with Crippen LogP contribution in [0.25, 0.3) is 5.65 Å². The molecule has 0 N–H and O–H groups in total. The molecule has 10 heteroatoms. The summed E-state index contributed by atoms with van der Waals surface area (Å²) in [6, 6.07) is 8.75. The molecular formula is C29H33N5O5. The third kappa shape index (κ3) is 5.36. The Labute approximate surface area is 227 Å². The molecule has 1 aliphatic heterocycles. The van der Waals surface area contributed by atoms with Gasteiger partial charge in [-0.05, 0) is 70.2 Å². The topological polar surface area (TPSA) is 105 Å². The third-order valence-corrected chi connectivity index (χ3v) is 6.93. The highest BCUT2D eigenvalue weighted by Gasteiger charge is 2.36. The van der Waals surface area contributed by atoms with Gasteiger partial charge in [0.1, 0.15) is 5.60 Å². The van der Waals surface area contributed by atoms with Crippen molar-refractivity contribution in [2.75, 3.05) is 24.5 Å². The van der Waals surface area contributed by atoms with Gasteiger partial charge < -0.3 is 18.9 Å². The summed E-state index contributed by atoms with van der Waals surface area (Å²) in [4.78, 5) is 59.7. The lowest BCUT2D eigenvalue weighted by atomic mass is 10.1. The lowest BCUT2D eigenvalue weighted by Gasteiger charge is -2.28. The Kier molecular flexibility index (Phi) is 6.88. The number of pyridine rings is 1. The van der Waals surface area contributed by atoms with E-state index in [2.05, 4.69) is 0 Å². The zero-order chi connectivity index (χ0) is 27.9. The lowest BCUT2D eigenvalue weighted by Crippen LogP contribution is -2.41. The summed E-state index contributed by atoms with van der Waals surface area (Å²) < 4.78 is 7.36. The van der Waals surface area contributed by atoms with Crippen LogP contribution >= 0.6 is 0 Å². The van der Waals surface area contributed by atoms with Crippen molar-refractivity contribution in [2.24, 2.45) is 0 Å². The van der Waals surface area contributed by atoms with E-state index in [0.29, 0.717) is 40.6 Å². The van der Waals surface area contributed by atoms with Crippen LogP contribution in [0.5, 0.6) is 0 Å². The number of amides is 4. The van der Waals surface area contributed by atoms with Crippen molar-refractivity contribution in [1.82, 2.24) is 19.2 Å². The van der Waals surface area contributed by atoms with Crippen LogP contribution in [0.4, 0.5) is 10.5 Å². The molecule has 0 radical (unpaired) electrons. The predicted octanol–water partition coefficient (Wildman–Crippen LogP) is 4.23. The van der Waals surface area contributed by atoms with E-state index in [-0.39, 0.29) is 31.4 Å². The Bertz CT molecular complexity index is 1420. The molecule has 3 aromatic rings. The van der Waals surface area contributed by atoms with Gasteiger partial charge >= 0.3 is 6.09 Å². The Morgan fingerprint density at radius 2 is 1.77 bits per heavy atom. The number of imide groups is 1. The van der Waals surface area contributed by atoms with E-state index >= 15 is 0 Å². The number of fused-ring (bicyclic) bond motifs is 2. The fraction of sp³-hybridized carbons (Fsp3) is 0.414. The second kappa shape index (κ2) is 10.2. The van der Waals surface area contributed by atoms with Crippen molar-refractivity contribution in [3.05, 3.63) is 65.1 Å². The smallest absolute Gasteiger partial charge is 0.410 e. The Morgan fingerprint density at radius 1 is 1.10 bits per heavy atom. The number of imidazole rings is 1. The average Bonchev–Trinajstić information content (AvgIpc) is 3.62. The molecule has 2 aromatic heterocycles. The van der Waals surface area contributed by atoms with E-state index in [1.165, 1.54) is 4.90 Å². The number of carbonyl (C=O) groups is 4. The molecule has 1 fully saturated rings. The van der Waals surface area contributed by atoms with Gasteiger partial charge in [-0.15, -0.1) is 0 Å². The Morgan fingerprint density at radius 3 is 2.33 bits per heavy atom. The van der Waals surface area contributed by atoms with Crippen molar-refractivity contribution in [3.8, 4) is 0 Å². The molecule has 5 rings (SSSR count). The molecule has 2 aliphatic rings. The van der Waals surface area contributed by atoms with Gasteiger partial charge in [-0.1, -0.05) is 12.1 Å². The maximum absolute atomic E-state index is 12.9. The maximum Gasteiger partial charge on any atom is 0.410 e. The highest BCUT2D eigenvalue weighted by atomic mass is 16.6. The number of hydrogen-bond donors (Lipinski definition) is 0. The quantitative estimate of drug-likeness (QED) is 0.302.